The van der Waals surface area contributed by atoms with Crippen LogP contribution in [0, 0.1) is 0 Å². The molecule has 0 aliphatic heterocycles. The van der Waals surface area contributed by atoms with Crippen LogP contribution in [0.5, 0.6) is 5.75 Å². The third-order valence-electron chi connectivity index (χ3n) is 3.11. The Bertz CT molecular complexity index is 645. The molecule has 1 heterocycles. The second-order valence-corrected chi connectivity index (χ2v) is 4.80. The van der Waals surface area contributed by atoms with Gasteiger partial charge in [-0.05, 0) is 12.5 Å². The molecular weight excluding hydrogens is 266 g/mol. The van der Waals surface area contributed by atoms with E-state index in [4.69, 9.17) is 5.73 Å². The normalized spacial score (nSPS) is 12.3. The Morgan fingerprint density at radius 1 is 1.43 bits per heavy atom. The predicted octanol–water partition coefficient (Wildman–Crippen LogP) is 1.67. The molecule has 0 fully saturated rings. The maximum atomic E-state index is 11.4. The van der Waals surface area contributed by atoms with Crippen LogP contribution in [0.3, 0.4) is 0 Å². The van der Waals surface area contributed by atoms with Crippen molar-refractivity contribution in [3.8, 4) is 5.75 Å². The van der Waals surface area contributed by atoms with Gasteiger partial charge in [0.1, 0.15) is 0 Å². The number of benzene rings is 1. The number of unbranched alkanes of at least 4 members (excludes halogenated alkanes) is 2. The number of nitrogens with zero attached hydrogens (tertiary/aromatic N) is 2. The minimum absolute atomic E-state index is 0.0262. The van der Waals surface area contributed by atoms with E-state index < -0.39 is 0 Å². The summed E-state index contributed by atoms with van der Waals surface area (Å²) in [6.07, 6.45) is 6.74. The maximum Gasteiger partial charge on any atom is 0.209 e. The van der Waals surface area contributed by atoms with Crippen LogP contribution in [0.2, 0.25) is 0 Å². The minimum Gasteiger partial charge on any atom is -0.872 e. The lowest BCUT2D eigenvalue weighted by Gasteiger charge is -2.03. The van der Waals surface area contributed by atoms with Crippen molar-refractivity contribution in [1.82, 2.24) is 10.4 Å². The zero-order chi connectivity index (χ0) is 15.1. The zero-order valence-electron chi connectivity index (χ0n) is 12.1. The Balaban J connectivity index is 1.95. The van der Waals surface area contributed by atoms with Gasteiger partial charge in [0, 0.05) is 29.2 Å². The number of rotatable bonds is 6. The summed E-state index contributed by atoms with van der Waals surface area (Å²) in [5.74, 6) is 0.272. The van der Waals surface area contributed by atoms with Gasteiger partial charge < -0.3 is 15.8 Å². The lowest BCUT2D eigenvalue weighted by atomic mass is 10.2. The van der Waals surface area contributed by atoms with Crippen molar-refractivity contribution in [3.63, 3.8) is 0 Å². The summed E-state index contributed by atoms with van der Waals surface area (Å²) >= 11 is 0. The highest BCUT2D eigenvalue weighted by Gasteiger charge is 2.00. The summed E-state index contributed by atoms with van der Waals surface area (Å²) < 4.78 is 0. The number of guanidine groups is 1. The molecule has 2 rings (SSSR count). The molecule has 0 spiro atoms. The molecule has 4 N–H and O–H groups in total. The van der Waals surface area contributed by atoms with Crippen LogP contribution in [0.15, 0.2) is 34.5 Å². The molecule has 0 bridgehead atoms. The SMILES string of the molecule is CCCCCN=C(N)N/N=C\c1c[nH]c2ccc([O-])cc12. The number of hydrogen-bond donors (Lipinski definition) is 3. The summed E-state index contributed by atoms with van der Waals surface area (Å²) in [4.78, 5) is 7.25. The van der Waals surface area contributed by atoms with Gasteiger partial charge in [-0.1, -0.05) is 31.9 Å². The van der Waals surface area contributed by atoms with Gasteiger partial charge in [-0.15, -0.1) is 5.75 Å². The van der Waals surface area contributed by atoms with Gasteiger partial charge in [0.15, 0.2) is 0 Å². The predicted molar refractivity (Wildman–Crippen MR) is 84.5 cm³/mol. The van der Waals surface area contributed by atoms with E-state index in [0.29, 0.717) is 12.5 Å². The summed E-state index contributed by atoms with van der Waals surface area (Å²) in [7, 11) is 0. The fourth-order valence-electron chi connectivity index (χ4n) is 1.99. The quantitative estimate of drug-likeness (QED) is 0.326. The molecule has 0 aliphatic carbocycles. The van der Waals surface area contributed by atoms with E-state index in [-0.39, 0.29) is 5.75 Å². The fourth-order valence-corrected chi connectivity index (χ4v) is 1.99. The van der Waals surface area contributed by atoms with Gasteiger partial charge in [0.05, 0.1) is 6.21 Å². The highest BCUT2D eigenvalue weighted by molar-refractivity contribution is 5.99. The molecule has 0 radical (unpaired) electrons. The number of hydrazone groups is 1. The molecule has 112 valence electrons. The van der Waals surface area contributed by atoms with Gasteiger partial charge in [0.2, 0.25) is 5.96 Å². The molecule has 0 aliphatic rings. The first-order valence-electron chi connectivity index (χ1n) is 7.08. The van der Waals surface area contributed by atoms with Crippen molar-refractivity contribution < 1.29 is 5.11 Å². The average Bonchev–Trinajstić information content (AvgIpc) is 2.86. The average molecular weight is 286 g/mol. The summed E-state index contributed by atoms with van der Waals surface area (Å²) in [5.41, 5.74) is 10.1. The van der Waals surface area contributed by atoms with Gasteiger partial charge in [-0.25, -0.2) is 5.43 Å². The van der Waals surface area contributed by atoms with Crippen molar-refractivity contribution in [2.45, 2.75) is 26.2 Å². The first-order chi connectivity index (χ1) is 10.2. The van der Waals surface area contributed by atoms with Crippen LogP contribution in [-0.2, 0) is 0 Å². The number of fused-ring (bicyclic) bond motifs is 1. The molecule has 0 unspecified atom stereocenters. The molecule has 21 heavy (non-hydrogen) atoms. The van der Waals surface area contributed by atoms with Crippen molar-refractivity contribution in [1.29, 1.82) is 0 Å². The first kappa shape index (κ1) is 14.9. The zero-order valence-corrected chi connectivity index (χ0v) is 12.1. The third kappa shape index (κ3) is 4.24. The minimum atomic E-state index is -0.0262. The van der Waals surface area contributed by atoms with Crippen molar-refractivity contribution >= 4 is 23.1 Å². The summed E-state index contributed by atoms with van der Waals surface area (Å²) in [6, 6.07) is 4.86. The van der Waals surface area contributed by atoms with Crippen LogP contribution in [-0.4, -0.2) is 23.7 Å². The van der Waals surface area contributed by atoms with Crippen molar-refractivity contribution in [3.05, 3.63) is 30.0 Å². The van der Waals surface area contributed by atoms with E-state index in [1.165, 1.54) is 6.07 Å². The topological polar surface area (TPSA) is 102 Å². The second kappa shape index (κ2) is 7.33. The number of nitrogens with two attached hydrogens (primary N) is 1. The van der Waals surface area contributed by atoms with Crippen LogP contribution in [0.1, 0.15) is 31.7 Å². The molecule has 1 aromatic heterocycles. The lowest BCUT2D eigenvalue weighted by Crippen LogP contribution is -2.27. The van der Waals surface area contributed by atoms with Crippen LogP contribution in [0.4, 0.5) is 0 Å². The Kier molecular flexibility index (Phi) is 5.20. The number of aromatic amines is 1. The highest BCUT2D eigenvalue weighted by atomic mass is 16.3. The fraction of sp³-hybridized carbons (Fsp3) is 0.333. The number of H-pyrrole nitrogens is 1. The molecule has 6 nitrogen and oxygen atoms in total. The Hall–Kier alpha value is -2.50. The van der Waals surface area contributed by atoms with Gasteiger partial charge >= 0.3 is 0 Å². The maximum absolute atomic E-state index is 11.4. The van der Waals surface area contributed by atoms with E-state index in [2.05, 4.69) is 27.4 Å². The number of aromatic nitrogens is 1. The molecule has 6 heteroatoms. The van der Waals surface area contributed by atoms with Crippen LogP contribution in [0.25, 0.3) is 10.9 Å². The van der Waals surface area contributed by atoms with Crippen LogP contribution < -0.4 is 16.3 Å². The number of hydrogen-bond acceptors (Lipinski definition) is 3. The van der Waals surface area contributed by atoms with Crippen LogP contribution >= 0.6 is 0 Å². The smallest absolute Gasteiger partial charge is 0.209 e. The van der Waals surface area contributed by atoms with E-state index in [9.17, 15) is 5.11 Å². The lowest BCUT2D eigenvalue weighted by molar-refractivity contribution is -0.268. The molecule has 0 amide bonds. The molecule has 1 aromatic carbocycles. The van der Waals surface area contributed by atoms with E-state index >= 15 is 0 Å². The molecule has 0 saturated heterocycles. The molecule has 2 aromatic rings. The largest absolute Gasteiger partial charge is 0.872 e. The van der Waals surface area contributed by atoms with Gasteiger partial charge in [0.25, 0.3) is 0 Å². The highest BCUT2D eigenvalue weighted by Crippen LogP contribution is 2.20. The number of nitrogens with one attached hydrogen (secondary N) is 2. The standard InChI is InChI=1S/C15H21N5O/c1-2-3-4-7-17-15(16)20-19-10-11-9-18-14-6-5-12(21)8-13(11)14/h5-6,8-10,18,21H,2-4,7H2,1H3,(H3,16,17,20)/p-1/b19-10-. The summed E-state index contributed by atoms with van der Waals surface area (Å²) in [5, 5.41) is 16.3. The first-order valence-corrected chi connectivity index (χ1v) is 7.08. The second-order valence-electron chi connectivity index (χ2n) is 4.80. The molecular formula is C15H20N5O-. The monoisotopic (exact) mass is 286 g/mol. The van der Waals surface area contributed by atoms with Gasteiger partial charge in [-0.3, -0.25) is 4.99 Å². The summed E-state index contributed by atoms with van der Waals surface area (Å²) in [6.45, 7) is 2.85. The Morgan fingerprint density at radius 2 is 2.29 bits per heavy atom. The van der Waals surface area contributed by atoms with E-state index in [0.717, 1.165) is 35.7 Å². The van der Waals surface area contributed by atoms with Crippen molar-refractivity contribution in [2.24, 2.45) is 15.8 Å². The Morgan fingerprint density at radius 3 is 3.10 bits per heavy atom. The third-order valence-corrected chi connectivity index (χ3v) is 3.11. The van der Waals surface area contributed by atoms with E-state index in [1.54, 1.807) is 24.5 Å². The number of aliphatic imine (C=N–C) groups is 1. The van der Waals surface area contributed by atoms with E-state index in [1.807, 2.05) is 0 Å². The Labute approximate surface area is 123 Å². The molecule has 0 saturated carbocycles. The molecule has 0 atom stereocenters. The van der Waals surface area contributed by atoms with Crippen molar-refractivity contribution in [2.75, 3.05) is 6.54 Å². The van der Waals surface area contributed by atoms with Gasteiger partial charge in [-0.2, -0.15) is 5.10 Å².